The summed E-state index contributed by atoms with van der Waals surface area (Å²) < 4.78 is 0. The van der Waals surface area contributed by atoms with Gasteiger partial charge in [-0.25, -0.2) is 4.98 Å². The molecule has 2 aromatic heterocycles. The summed E-state index contributed by atoms with van der Waals surface area (Å²) in [4.78, 5) is 8.76. The van der Waals surface area contributed by atoms with Gasteiger partial charge in [-0.15, -0.1) is 0 Å². The van der Waals surface area contributed by atoms with Crippen LogP contribution in [0.25, 0.3) is 10.9 Å². The minimum absolute atomic E-state index is 0.193. The molecule has 5 heteroatoms. The Morgan fingerprint density at radius 2 is 1.77 bits per heavy atom. The lowest BCUT2D eigenvalue weighted by atomic mass is 9.94. The molecule has 0 saturated heterocycles. The quantitative estimate of drug-likeness (QED) is 0.525. The summed E-state index contributed by atoms with van der Waals surface area (Å²) in [5.41, 5.74) is 2.48. The van der Waals surface area contributed by atoms with E-state index in [1.807, 2.05) is 60.7 Å². The standard InChI is InChI=1S/C21H16ClN3O/c22-15-6-3-5-14(13-15)21(25-19-8-1-2-11-24-19)20-16-7-4-12-23-17(16)9-10-18(20)26/h1-13,21,26H,(H,24,25)/t21-/m1/s1. The summed E-state index contributed by atoms with van der Waals surface area (Å²) in [7, 11) is 0. The largest absolute Gasteiger partial charge is 0.508 e. The van der Waals surface area contributed by atoms with Gasteiger partial charge in [0.15, 0.2) is 0 Å². The molecule has 0 spiro atoms. The van der Waals surface area contributed by atoms with E-state index in [1.54, 1.807) is 18.5 Å². The number of hydrogen-bond donors (Lipinski definition) is 2. The maximum absolute atomic E-state index is 10.7. The van der Waals surface area contributed by atoms with Gasteiger partial charge in [-0.3, -0.25) is 4.98 Å². The number of aromatic nitrogens is 2. The Morgan fingerprint density at radius 1 is 0.885 bits per heavy atom. The van der Waals surface area contributed by atoms with Crippen molar-refractivity contribution in [1.29, 1.82) is 0 Å². The maximum atomic E-state index is 10.7. The zero-order valence-corrected chi connectivity index (χ0v) is 14.6. The third-order valence-corrected chi connectivity index (χ3v) is 4.47. The predicted octanol–water partition coefficient (Wildman–Crippen LogP) is 5.19. The second-order valence-corrected chi connectivity index (χ2v) is 6.35. The first-order valence-electron chi connectivity index (χ1n) is 8.22. The zero-order chi connectivity index (χ0) is 17.9. The van der Waals surface area contributed by atoms with Crippen molar-refractivity contribution in [3.05, 3.63) is 95.3 Å². The van der Waals surface area contributed by atoms with Crippen molar-refractivity contribution in [3.63, 3.8) is 0 Å². The summed E-state index contributed by atoms with van der Waals surface area (Å²) in [6.07, 6.45) is 3.46. The predicted molar refractivity (Wildman–Crippen MR) is 105 cm³/mol. The van der Waals surface area contributed by atoms with Gasteiger partial charge in [0.2, 0.25) is 0 Å². The molecule has 0 fully saturated rings. The Balaban J connectivity index is 1.92. The SMILES string of the molecule is Oc1ccc2ncccc2c1[C@H](Nc1ccccn1)c1cccc(Cl)c1. The molecule has 26 heavy (non-hydrogen) atoms. The Labute approximate surface area is 156 Å². The number of nitrogens with one attached hydrogen (secondary N) is 1. The van der Waals surface area contributed by atoms with Gasteiger partial charge < -0.3 is 10.4 Å². The van der Waals surface area contributed by atoms with E-state index in [0.717, 1.165) is 22.0 Å². The first-order valence-corrected chi connectivity index (χ1v) is 8.60. The van der Waals surface area contributed by atoms with Crippen LogP contribution in [0, 0.1) is 0 Å². The van der Waals surface area contributed by atoms with E-state index < -0.39 is 0 Å². The number of fused-ring (bicyclic) bond motifs is 1. The number of nitrogens with zero attached hydrogens (tertiary/aromatic N) is 2. The number of halogens is 1. The molecule has 0 aliphatic rings. The first kappa shape index (κ1) is 16.4. The second kappa shape index (κ2) is 7.02. The molecule has 0 saturated carbocycles. The average Bonchev–Trinajstić information content (AvgIpc) is 2.67. The number of phenolic OH excluding ortho intramolecular Hbond substituents is 1. The molecule has 0 aliphatic heterocycles. The third-order valence-electron chi connectivity index (χ3n) is 4.23. The lowest BCUT2D eigenvalue weighted by Crippen LogP contribution is -2.14. The molecule has 0 amide bonds. The molecular formula is C21H16ClN3O. The van der Waals surface area contributed by atoms with Crippen LogP contribution < -0.4 is 5.32 Å². The highest BCUT2D eigenvalue weighted by molar-refractivity contribution is 6.30. The fourth-order valence-corrected chi connectivity index (χ4v) is 3.27. The zero-order valence-electron chi connectivity index (χ0n) is 13.8. The van der Waals surface area contributed by atoms with Crippen molar-refractivity contribution in [2.45, 2.75) is 6.04 Å². The maximum Gasteiger partial charge on any atom is 0.126 e. The van der Waals surface area contributed by atoms with Crippen molar-refractivity contribution in [1.82, 2.24) is 9.97 Å². The van der Waals surface area contributed by atoms with Crippen LogP contribution in [0.5, 0.6) is 5.75 Å². The van der Waals surface area contributed by atoms with Gasteiger partial charge in [0.05, 0.1) is 11.6 Å². The van der Waals surface area contributed by atoms with Crippen LogP contribution in [0.4, 0.5) is 5.82 Å². The normalized spacial score (nSPS) is 12.0. The van der Waals surface area contributed by atoms with Crippen LogP contribution in [0.15, 0.2) is 79.1 Å². The molecule has 0 radical (unpaired) electrons. The first-order chi connectivity index (χ1) is 12.7. The fraction of sp³-hybridized carbons (Fsp3) is 0.0476. The van der Waals surface area contributed by atoms with Crippen LogP contribution in [-0.2, 0) is 0 Å². The molecule has 0 aliphatic carbocycles. The highest BCUT2D eigenvalue weighted by Crippen LogP contribution is 2.37. The van der Waals surface area contributed by atoms with Gasteiger partial charge in [0.25, 0.3) is 0 Å². The molecule has 4 nitrogen and oxygen atoms in total. The molecule has 2 aromatic carbocycles. The molecule has 4 aromatic rings. The Bertz CT molecular complexity index is 1050. The number of aromatic hydroxyl groups is 1. The summed E-state index contributed by atoms with van der Waals surface area (Å²) in [6, 6.07) is 20.2. The van der Waals surface area contributed by atoms with Crippen LogP contribution in [0.1, 0.15) is 17.2 Å². The molecule has 2 heterocycles. The van der Waals surface area contributed by atoms with Crippen LogP contribution >= 0.6 is 11.6 Å². The monoisotopic (exact) mass is 361 g/mol. The van der Waals surface area contributed by atoms with E-state index >= 15 is 0 Å². The van der Waals surface area contributed by atoms with E-state index in [-0.39, 0.29) is 11.8 Å². The molecule has 4 rings (SSSR count). The minimum atomic E-state index is -0.337. The van der Waals surface area contributed by atoms with Crippen molar-refractivity contribution in [2.75, 3.05) is 5.32 Å². The van der Waals surface area contributed by atoms with E-state index in [1.165, 1.54) is 0 Å². The van der Waals surface area contributed by atoms with Crippen molar-refractivity contribution >= 4 is 28.3 Å². The summed E-state index contributed by atoms with van der Waals surface area (Å²) in [5.74, 6) is 0.900. The van der Waals surface area contributed by atoms with Crippen LogP contribution in [-0.4, -0.2) is 15.1 Å². The second-order valence-electron chi connectivity index (χ2n) is 5.92. The molecule has 2 N–H and O–H groups in total. The number of benzene rings is 2. The van der Waals surface area contributed by atoms with Crippen LogP contribution in [0.2, 0.25) is 5.02 Å². The number of rotatable bonds is 4. The lowest BCUT2D eigenvalue weighted by Gasteiger charge is -2.23. The molecule has 1 atom stereocenters. The van der Waals surface area contributed by atoms with Gasteiger partial charge >= 0.3 is 0 Å². The van der Waals surface area contributed by atoms with E-state index in [2.05, 4.69) is 15.3 Å². The topological polar surface area (TPSA) is 58.0 Å². The van der Waals surface area contributed by atoms with Crippen molar-refractivity contribution in [2.24, 2.45) is 0 Å². The summed E-state index contributed by atoms with van der Waals surface area (Å²) >= 11 is 6.22. The van der Waals surface area contributed by atoms with Gasteiger partial charge in [-0.05, 0) is 48.0 Å². The minimum Gasteiger partial charge on any atom is -0.508 e. The Morgan fingerprint density at radius 3 is 2.58 bits per heavy atom. The number of pyridine rings is 2. The molecule has 0 unspecified atom stereocenters. The van der Waals surface area contributed by atoms with Gasteiger partial charge in [-0.2, -0.15) is 0 Å². The molecule has 0 bridgehead atoms. The van der Waals surface area contributed by atoms with Gasteiger partial charge in [-0.1, -0.05) is 35.9 Å². The van der Waals surface area contributed by atoms with E-state index in [0.29, 0.717) is 10.8 Å². The van der Waals surface area contributed by atoms with Gasteiger partial charge in [0.1, 0.15) is 11.6 Å². The smallest absolute Gasteiger partial charge is 0.126 e. The van der Waals surface area contributed by atoms with Crippen molar-refractivity contribution < 1.29 is 5.11 Å². The highest BCUT2D eigenvalue weighted by atomic mass is 35.5. The van der Waals surface area contributed by atoms with E-state index in [4.69, 9.17) is 11.6 Å². The van der Waals surface area contributed by atoms with Crippen LogP contribution in [0.3, 0.4) is 0 Å². The fourth-order valence-electron chi connectivity index (χ4n) is 3.07. The van der Waals surface area contributed by atoms with Crippen molar-refractivity contribution in [3.8, 4) is 5.75 Å². The molecule has 128 valence electrons. The third kappa shape index (κ3) is 3.19. The number of phenols is 1. The molecular weight excluding hydrogens is 346 g/mol. The van der Waals surface area contributed by atoms with E-state index in [9.17, 15) is 5.11 Å². The Kier molecular flexibility index (Phi) is 4.42. The lowest BCUT2D eigenvalue weighted by molar-refractivity contribution is 0.468. The summed E-state index contributed by atoms with van der Waals surface area (Å²) in [6.45, 7) is 0. The number of hydrogen-bond acceptors (Lipinski definition) is 4. The number of anilines is 1. The summed E-state index contributed by atoms with van der Waals surface area (Å²) in [5, 5.41) is 15.6. The van der Waals surface area contributed by atoms with Gasteiger partial charge in [0, 0.05) is 28.4 Å². The highest BCUT2D eigenvalue weighted by Gasteiger charge is 2.21. The average molecular weight is 362 g/mol. The Hall–Kier alpha value is -3.11.